The number of nitrogens with zero attached hydrogens (tertiary/aromatic N) is 4. The van der Waals surface area contributed by atoms with Crippen LogP contribution in [0.5, 0.6) is 5.75 Å². The Kier molecular flexibility index (Phi) is 4.91. The highest BCUT2D eigenvalue weighted by Gasteiger charge is 2.18. The van der Waals surface area contributed by atoms with E-state index in [1.54, 1.807) is 24.3 Å². The summed E-state index contributed by atoms with van der Waals surface area (Å²) in [4.78, 5) is 21.7. The van der Waals surface area contributed by atoms with E-state index in [-0.39, 0.29) is 12.1 Å². The molecule has 2 rings (SSSR count). The van der Waals surface area contributed by atoms with E-state index in [4.69, 9.17) is 4.74 Å². The normalized spacial score (nSPS) is 9.83. The summed E-state index contributed by atoms with van der Waals surface area (Å²) in [5.41, 5.74) is 0.0272. The predicted octanol–water partition coefficient (Wildman–Crippen LogP) is 3.00. The summed E-state index contributed by atoms with van der Waals surface area (Å²) >= 11 is 0. The number of non-ortho nitro benzene ring substituents is 2. The molecule has 0 aliphatic carbocycles. The van der Waals surface area contributed by atoms with Crippen LogP contribution in [0.15, 0.2) is 42.5 Å². The second kappa shape index (κ2) is 7.06. The van der Waals surface area contributed by atoms with Crippen LogP contribution in [0.1, 0.15) is 5.56 Å². The maximum absolute atomic E-state index is 10.9. The summed E-state index contributed by atoms with van der Waals surface area (Å²) in [5, 5.41) is 31.1. The molecule has 0 fully saturated rings. The lowest BCUT2D eigenvalue weighted by Gasteiger charge is -2.16. The molecule has 0 aliphatic rings. The fourth-order valence-corrected chi connectivity index (χ4v) is 2.09. The summed E-state index contributed by atoms with van der Waals surface area (Å²) in [6, 6.07) is 9.92. The fraction of sp³-hybridized carbons (Fsp3) is 0.133. The first kappa shape index (κ1) is 16.7. The van der Waals surface area contributed by atoms with Gasteiger partial charge in [-0.1, -0.05) is 0 Å². The van der Waals surface area contributed by atoms with E-state index in [1.165, 1.54) is 24.1 Å². The summed E-state index contributed by atoms with van der Waals surface area (Å²) in [5.74, 6) is 0.614. The standard InChI is InChI=1S/C15H12N4O5/c1-24-15-4-2-12(3-5-15)17(10-16)9-11-6-13(18(20)21)8-14(7-11)19(22)23/h2-8H,9H2,1H3. The molecule has 24 heavy (non-hydrogen) atoms. The van der Waals surface area contributed by atoms with Crippen molar-refractivity contribution in [3.05, 3.63) is 68.3 Å². The lowest BCUT2D eigenvalue weighted by atomic mass is 10.1. The van der Waals surface area contributed by atoms with E-state index in [1.807, 2.05) is 6.19 Å². The first-order valence-electron chi connectivity index (χ1n) is 6.68. The van der Waals surface area contributed by atoms with Gasteiger partial charge in [0.25, 0.3) is 11.4 Å². The van der Waals surface area contributed by atoms with Crippen molar-refractivity contribution in [2.24, 2.45) is 0 Å². The van der Waals surface area contributed by atoms with Gasteiger partial charge in [-0.25, -0.2) is 0 Å². The van der Waals surface area contributed by atoms with Crippen LogP contribution in [0.4, 0.5) is 17.1 Å². The number of benzene rings is 2. The molecular formula is C15H12N4O5. The van der Waals surface area contributed by atoms with E-state index in [0.29, 0.717) is 11.4 Å². The Labute approximate surface area is 136 Å². The first-order valence-corrected chi connectivity index (χ1v) is 6.68. The van der Waals surface area contributed by atoms with E-state index < -0.39 is 21.2 Å². The number of ether oxygens (including phenoxy) is 1. The molecule has 0 spiro atoms. The molecule has 0 atom stereocenters. The Morgan fingerprint density at radius 2 is 1.62 bits per heavy atom. The summed E-state index contributed by atoms with van der Waals surface area (Å²) in [7, 11) is 1.51. The number of hydrogen-bond donors (Lipinski definition) is 0. The number of hydrogen-bond acceptors (Lipinski definition) is 7. The van der Waals surface area contributed by atoms with Gasteiger partial charge in [0, 0.05) is 12.1 Å². The molecule has 0 aromatic heterocycles. The zero-order valence-corrected chi connectivity index (χ0v) is 12.6. The molecule has 0 aliphatic heterocycles. The quantitative estimate of drug-likeness (QED) is 0.345. The summed E-state index contributed by atoms with van der Waals surface area (Å²) in [6.45, 7) is -0.0364. The molecule has 0 N–H and O–H groups in total. The molecule has 2 aromatic carbocycles. The molecule has 0 heterocycles. The number of anilines is 1. The Bertz CT molecular complexity index is 781. The largest absolute Gasteiger partial charge is 0.497 e. The summed E-state index contributed by atoms with van der Waals surface area (Å²) in [6.07, 6.45) is 1.95. The minimum Gasteiger partial charge on any atom is -0.497 e. The van der Waals surface area contributed by atoms with E-state index in [0.717, 1.165) is 6.07 Å². The first-order chi connectivity index (χ1) is 11.4. The van der Waals surface area contributed by atoms with Gasteiger partial charge in [0.05, 0.1) is 35.3 Å². The van der Waals surface area contributed by atoms with E-state index >= 15 is 0 Å². The van der Waals surface area contributed by atoms with Crippen LogP contribution in [-0.2, 0) is 6.54 Å². The van der Waals surface area contributed by atoms with Crippen LogP contribution in [0.3, 0.4) is 0 Å². The number of methoxy groups -OCH3 is 1. The average molecular weight is 328 g/mol. The molecule has 9 nitrogen and oxygen atoms in total. The summed E-state index contributed by atoms with van der Waals surface area (Å²) < 4.78 is 5.03. The van der Waals surface area contributed by atoms with Crippen LogP contribution in [0.2, 0.25) is 0 Å². The Balaban J connectivity index is 2.34. The van der Waals surface area contributed by atoms with Crippen molar-refractivity contribution in [1.82, 2.24) is 0 Å². The van der Waals surface area contributed by atoms with Crippen molar-refractivity contribution in [2.45, 2.75) is 6.54 Å². The molecular weight excluding hydrogens is 316 g/mol. The smallest absolute Gasteiger partial charge is 0.276 e. The lowest BCUT2D eigenvalue weighted by Crippen LogP contribution is -2.16. The second-order valence-corrected chi connectivity index (χ2v) is 4.76. The van der Waals surface area contributed by atoms with Crippen molar-refractivity contribution >= 4 is 17.1 Å². The molecule has 0 unspecified atom stereocenters. The van der Waals surface area contributed by atoms with Gasteiger partial charge in [-0.15, -0.1) is 0 Å². The highest BCUT2D eigenvalue weighted by atomic mass is 16.6. The highest BCUT2D eigenvalue weighted by Crippen LogP contribution is 2.26. The van der Waals surface area contributed by atoms with Gasteiger partial charge in [0.1, 0.15) is 5.75 Å². The molecule has 0 saturated heterocycles. The minimum absolute atomic E-state index is 0.0364. The molecule has 9 heteroatoms. The lowest BCUT2D eigenvalue weighted by molar-refractivity contribution is -0.394. The Hall–Kier alpha value is -3.67. The monoisotopic (exact) mass is 328 g/mol. The Morgan fingerprint density at radius 1 is 1.08 bits per heavy atom. The third-order valence-electron chi connectivity index (χ3n) is 3.23. The van der Waals surface area contributed by atoms with E-state index in [2.05, 4.69) is 0 Å². The molecule has 0 saturated carbocycles. The molecule has 0 amide bonds. The maximum atomic E-state index is 10.9. The van der Waals surface area contributed by atoms with Crippen molar-refractivity contribution in [1.29, 1.82) is 5.26 Å². The maximum Gasteiger partial charge on any atom is 0.276 e. The van der Waals surface area contributed by atoms with Crippen LogP contribution in [-0.4, -0.2) is 17.0 Å². The van der Waals surface area contributed by atoms with Crippen molar-refractivity contribution < 1.29 is 14.6 Å². The van der Waals surface area contributed by atoms with Crippen LogP contribution < -0.4 is 9.64 Å². The topological polar surface area (TPSA) is 123 Å². The SMILES string of the molecule is COc1ccc(N(C#N)Cc2cc([N+](=O)[O-])cc([N+](=O)[O-])c2)cc1. The van der Waals surface area contributed by atoms with E-state index in [9.17, 15) is 25.5 Å². The van der Waals surface area contributed by atoms with Gasteiger partial charge < -0.3 is 4.74 Å². The zero-order valence-electron chi connectivity index (χ0n) is 12.6. The van der Waals surface area contributed by atoms with Gasteiger partial charge in [0.15, 0.2) is 6.19 Å². The second-order valence-electron chi connectivity index (χ2n) is 4.76. The molecule has 0 radical (unpaired) electrons. The van der Waals surface area contributed by atoms with Crippen molar-refractivity contribution in [2.75, 3.05) is 12.0 Å². The van der Waals surface area contributed by atoms with Gasteiger partial charge in [0.2, 0.25) is 0 Å². The average Bonchev–Trinajstić information content (AvgIpc) is 2.59. The number of nitriles is 1. The van der Waals surface area contributed by atoms with Crippen LogP contribution >= 0.6 is 0 Å². The van der Waals surface area contributed by atoms with Gasteiger partial charge >= 0.3 is 0 Å². The van der Waals surface area contributed by atoms with Gasteiger partial charge in [-0.3, -0.25) is 25.1 Å². The van der Waals surface area contributed by atoms with Crippen molar-refractivity contribution in [3.8, 4) is 11.9 Å². The van der Waals surface area contributed by atoms with Gasteiger partial charge in [-0.2, -0.15) is 5.26 Å². The third kappa shape index (κ3) is 3.75. The molecule has 2 aromatic rings. The third-order valence-corrected chi connectivity index (χ3v) is 3.23. The van der Waals surface area contributed by atoms with Gasteiger partial charge in [-0.05, 0) is 29.8 Å². The van der Waals surface area contributed by atoms with Crippen molar-refractivity contribution in [3.63, 3.8) is 0 Å². The zero-order chi connectivity index (χ0) is 17.7. The number of nitro benzene ring substituents is 2. The number of rotatable bonds is 6. The van der Waals surface area contributed by atoms with Crippen LogP contribution in [0, 0.1) is 31.7 Å². The Morgan fingerprint density at radius 3 is 2.04 bits per heavy atom. The molecule has 122 valence electrons. The highest BCUT2D eigenvalue weighted by molar-refractivity contribution is 5.54. The fourth-order valence-electron chi connectivity index (χ4n) is 2.09. The minimum atomic E-state index is -0.708. The molecule has 0 bridgehead atoms. The van der Waals surface area contributed by atoms with Crippen LogP contribution in [0.25, 0.3) is 0 Å². The number of nitro groups is 2. The predicted molar refractivity (Wildman–Crippen MR) is 84.5 cm³/mol.